The van der Waals surface area contributed by atoms with Crippen molar-refractivity contribution in [3.05, 3.63) is 0 Å². The zero-order chi connectivity index (χ0) is 8.22. The van der Waals surface area contributed by atoms with Crippen molar-refractivity contribution in [1.82, 2.24) is 4.90 Å². The molecule has 0 aromatic rings. The zero-order valence-electron chi connectivity index (χ0n) is 7.54. The first kappa shape index (κ1) is 7.56. The molecule has 0 aromatic carbocycles. The lowest BCUT2D eigenvalue weighted by atomic mass is 10.1. The van der Waals surface area contributed by atoms with Crippen LogP contribution in [0.4, 0.5) is 0 Å². The smallest absolute Gasteiger partial charge is 0.0629 e. The van der Waals surface area contributed by atoms with Gasteiger partial charge in [0.15, 0.2) is 0 Å². The van der Waals surface area contributed by atoms with Crippen molar-refractivity contribution in [1.29, 1.82) is 0 Å². The highest BCUT2D eigenvalue weighted by atomic mass is 16.3. The van der Waals surface area contributed by atoms with Crippen molar-refractivity contribution in [3.63, 3.8) is 0 Å². The van der Waals surface area contributed by atoms with E-state index < -0.39 is 0 Å². The molecule has 2 nitrogen and oxygen atoms in total. The Labute approximate surface area is 68.2 Å². The second kappa shape index (κ2) is 1.99. The normalized spacial score (nSPS) is 44.2. The average molecular weight is 155 g/mol. The Morgan fingerprint density at radius 1 is 1.18 bits per heavy atom. The van der Waals surface area contributed by atoms with Crippen LogP contribution in [0.2, 0.25) is 0 Å². The minimum Gasteiger partial charge on any atom is -0.392 e. The van der Waals surface area contributed by atoms with E-state index in [1.165, 1.54) is 0 Å². The van der Waals surface area contributed by atoms with Crippen LogP contribution in [-0.4, -0.2) is 34.7 Å². The summed E-state index contributed by atoms with van der Waals surface area (Å²) in [6.45, 7) is 8.93. The lowest BCUT2D eigenvalue weighted by molar-refractivity contribution is 0.118. The lowest BCUT2D eigenvalue weighted by Crippen LogP contribution is -2.41. The first-order valence-electron chi connectivity index (χ1n) is 4.43. The van der Waals surface area contributed by atoms with E-state index >= 15 is 0 Å². The fraction of sp³-hybridized carbons (Fsp3) is 1.00. The van der Waals surface area contributed by atoms with E-state index in [-0.39, 0.29) is 6.10 Å². The van der Waals surface area contributed by atoms with Crippen LogP contribution >= 0.6 is 0 Å². The summed E-state index contributed by atoms with van der Waals surface area (Å²) in [5, 5.41) is 9.30. The predicted octanol–water partition coefficient (Wildman–Crippen LogP) is 0.707. The van der Waals surface area contributed by atoms with E-state index in [2.05, 4.69) is 25.7 Å². The predicted molar refractivity (Wildman–Crippen MR) is 44.3 cm³/mol. The van der Waals surface area contributed by atoms with Gasteiger partial charge in [-0.05, 0) is 20.8 Å². The molecule has 2 aliphatic rings. The molecule has 2 atom stereocenters. The zero-order valence-corrected chi connectivity index (χ0v) is 7.54. The van der Waals surface area contributed by atoms with Gasteiger partial charge in [0.2, 0.25) is 0 Å². The number of fused-ring (bicyclic) bond motifs is 1. The van der Waals surface area contributed by atoms with E-state index in [1.54, 1.807) is 0 Å². The minimum atomic E-state index is 0.0357. The molecule has 2 rings (SSSR count). The maximum Gasteiger partial charge on any atom is 0.0629 e. The van der Waals surface area contributed by atoms with Gasteiger partial charge in [-0.2, -0.15) is 0 Å². The van der Waals surface area contributed by atoms with Crippen molar-refractivity contribution >= 4 is 0 Å². The van der Waals surface area contributed by atoms with Gasteiger partial charge in [-0.15, -0.1) is 0 Å². The molecule has 0 amide bonds. The van der Waals surface area contributed by atoms with Gasteiger partial charge in [0.05, 0.1) is 6.10 Å². The van der Waals surface area contributed by atoms with E-state index in [0.29, 0.717) is 17.4 Å². The van der Waals surface area contributed by atoms with Crippen molar-refractivity contribution in [2.75, 3.05) is 13.1 Å². The van der Waals surface area contributed by atoms with Crippen LogP contribution in [0.25, 0.3) is 0 Å². The fourth-order valence-electron chi connectivity index (χ4n) is 2.04. The molecule has 1 saturated heterocycles. The molecule has 1 saturated carbocycles. The minimum absolute atomic E-state index is 0.0357. The molecule has 2 unspecified atom stereocenters. The van der Waals surface area contributed by atoms with Gasteiger partial charge in [0.25, 0.3) is 0 Å². The monoisotopic (exact) mass is 155 g/mol. The van der Waals surface area contributed by atoms with Gasteiger partial charge in [-0.25, -0.2) is 0 Å². The lowest BCUT2D eigenvalue weighted by Gasteiger charge is -2.33. The van der Waals surface area contributed by atoms with Gasteiger partial charge in [0, 0.05) is 30.5 Å². The summed E-state index contributed by atoms with van der Waals surface area (Å²) in [5.41, 5.74) is 0.299. The Morgan fingerprint density at radius 3 is 2.00 bits per heavy atom. The Kier molecular flexibility index (Phi) is 1.37. The summed E-state index contributed by atoms with van der Waals surface area (Å²) in [6.07, 6.45) is 0.0357. The second-order valence-electron chi connectivity index (χ2n) is 4.89. The van der Waals surface area contributed by atoms with Crippen LogP contribution < -0.4 is 0 Å². The second-order valence-corrected chi connectivity index (χ2v) is 4.89. The summed E-state index contributed by atoms with van der Waals surface area (Å²) in [5.74, 6) is 1.21. The van der Waals surface area contributed by atoms with Gasteiger partial charge in [-0.3, -0.25) is 4.90 Å². The maximum absolute atomic E-state index is 9.30. The van der Waals surface area contributed by atoms with E-state index in [9.17, 15) is 5.11 Å². The standard InChI is InChI=1S/C9H17NO/c1-9(2,3)10-4-6-7(5-10)8(6)11/h6-8,11H,4-5H2,1-3H3. The third-order valence-electron chi connectivity index (χ3n) is 3.10. The molecular formula is C9H17NO. The van der Waals surface area contributed by atoms with Crippen molar-refractivity contribution in [2.45, 2.75) is 32.4 Å². The molecule has 0 radical (unpaired) electrons. The molecule has 0 aromatic heterocycles. The average Bonchev–Trinajstić information content (AvgIpc) is 2.39. The number of aliphatic hydroxyl groups is 1. The Bertz CT molecular complexity index is 161. The van der Waals surface area contributed by atoms with Crippen LogP contribution in [0, 0.1) is 11.8 Å². The fourth-order valence-corrected chi connectivity index (χ4v) is 2.04. The van der Waals surface area contributed by atoms with Gasteiger partial charge < -0.3 is 5.11 Å². The van der Waals surface area contributed by atoms with Crippen LogP contribution in [0.15, 0.2) is 0 Å². The van der Waals surface area contributed by atoms with Crippen LogP contribution in [0.1, 0.15) is 20.8 Å². The quantitative estimate of drug-likeness (QED) is 0.557. The van der Waals surface area contributed by atoms with Crippen molar-refractivity contribution in [2.24, 2.45) is 11.8 Å². The van der Waals surface area contributed by atoms with Crippen molar-refractivity contribution < 1.29 is 5.11 Å². The molecule has 0 spiro atoms. The Hall–Kier alpha value is -0.0800. The van der Waals surface area contributed by atoms with Gasteiger partial charge in [-0.1, -0.05) is 0 Å². The SMILES string of the molecule is CC(C)(C)N1CC2C(O)C2C1. The van der Waals surface area contributed by atoms with E-state index in [1.807, 2.05) is 0 Å². The molecule has 2 fully saturated rings. The molecule has 2 heteroatoms. The maximum atomic E-state index is 9.30. The third kappa shape index (κ3) is 1.09. The third-order valence-corrected chi connectivity index (χ3v) is 3.10. The summed E-state index contributed by atoms with van der Waals surface area (Å²) >= 11 is 0. The number of hydrogen-bond donors (Lipinski definition) is 1. The first-order valence-corrected chi connectivity index (χ1v) is 4.43. The van der Waals surface area contributed by atoms with Crippen LogP contribution in [-0.2, 0) is 0 Å². The number of piperidine rings is 1. The molecule has 1 aliphatic carbocycles. The van der Waals surface area contributed by atoms with E-state index in [4.69, 9.17) is 0 Å². The van der Waals surface area contributed by atoms with Crippen LogP contribution in [0.5, 0.6) is 0 Å². The van der Waals surface area contributed by atoms with Crippen molar-refractivity contribution in [3.8, 4) is 0 Å². The first-order chi connectivity index (χ1) is 5.00. The largest absolute Gasteiger partial charge is 0.392 e. The van der Waals surface area contributed by atoms with Gasteiger partial charge >= 0.3 is 0 Å². The topological polar surface area (TPSA) is 23.5 Å². The Balaban J connectivity index is 1.95. The molecule has 64 valence electrons. The summed E-state index contributed by atoms with van der Waals surface area (Å²) < 4.78 is 0. The number of hydrogen-bond acceptors (Lipinski definition) is 2. The number of rotatable bonds is 0. The highest BCUT2D eigenvalue weighted by molar-refractivity contribution is 5.07. The molecule has 0 bridgehead atoms. The number of nitrogens with zero attached hydrogens (tertiary/aromatic N) is 1. The highest BCUT2D eigenvalue weighted by Gasteiger charge is 2.56. The molecule has 1 N–H and O–H groups in total. The number of aliphatic hydroxyl groups excluding tert-OH is 1. The summed E-state index contributed by atoms with van der Waals surface area (Å²) in [4.78, 5) is 2.47. The molecule has 1 heterocycles. The molecule has 1 aliphatic heterocycles. The molecular weight excluding hydrogens is 138 g/mol. The summed E-state index contributed by atoms with van der Waals surface area (Å²) in [7, 11) is 0. The number of likely N-dealkylation sites (tertiary alicyclic amines) is 1. The van der Waals surface area contributed by atoms with Crippen LogP contribution in [0.3, 0.4) is 0 Å². The molecule has 11 heavy (non-hydrogen) atoms. The highest BCUT2D eigenvalue weighted by Crippen LogP contribution is 2.47. The van der Waals surface area contributed by atoms with E-state index in [0.717, 1.165) is 13.1 Å². The van der Waals surface area contributed by atoms with Gasteiger partial charge in [0.1, 0.15) is 0 Å². The Morgan fingerprint density at radius 2 is 1.64 bits per heavy atom. The summed E-state index contributed by atoms with van der Waals surface area (Å²) in [6, 6.07) is 0.